The number of ether oxygens (including phenoxy) is 2. The first-order valence-electron chi connectivity index (χ1n) is 11.0. The van der Waals surface area contributed by atoms with Crippen molar-refractivity contribution in [2.24, 2.45) is 12.8 Å². The number of benzene rings is 2. The number of aryl methyl sites for hydroxylation is 1. The summed E-state index contributed by atoms with van der Waals surface area (Å²) in [5.74, 6) is 0.103. The highest BCUT2D eigenvalue weighted by Crippen LogP contribution is 2.42. The molecule has 0 bridgehead atoms. The van der Waals surface area contributed by atoms with Crippen molar-refractivity contribution in [1.29, 1.82) is 5.26 Å². The fourth-order valence-electron chi connectivity index (χ4n) is 4.16. The van der Waals surface area contributed by atoms with E-state index in [2.05, 4.69) is 21.0 Å². The van der Waals surface area contributed by atoms with E-state index in [1.807, 2.05) is 12.1 Å². The SMILES string of the molecule is Cn1ccc(-c2ccc3c(=O)[nH]nc(CN)c3c2)c1-c1cc(OC(F)F)cc(OC2CC2)c1C#N. The van der Waals surface area contributed by atoms with Crippen LogP contribution in [0.5, 0.6) is 11.5 Å². The average molecular weight is 477 g/mol. The molecule has 0 spiro atoms. The van der Waals surface area contributed by atoms with E-state index in [-0.39, 0.29) is 35.3 Å². The number of rotatable bonds is 7. The molecule has 1 aliphatic carbocycles. The molecule has 0 amide bonds. The van der Waals surface area contributed by atoms with E-state index in [1.54, 1.807) is 29.9 Å². The van der Waals surface area contributed by atoms with Gasteiger partial charge in [-0.25, -0.2) is 5.10 Å². The Morgan fingerprint density at radius 3 is 2.71 bits per heavy atom. The highest BCUT2D eigenvalue weighted by molar-refractivity contribution is 5.92. The monoisotopic (exact) mass is 477 g/mol. The van der Waals surface area contributed by atoms with Gasteiger partial charge in [-0.2, -0.15) is 19.1 Å². The Kier molecular flexibility index (Phi) is 5.70. The summed E-state index contributed by atoms with van der Waals surface area (Å²) in [4.78, 5) is 12.2. The number of aromatic amines is 1. The third-order valence-corrected chi connectivity index (χ3v) is 5.93. The second kappa shape index (κ2) is 8.85. The third-order valence-electron chi connectivity index (χ3n) is 5.93. The summed E-state index contributed by atoms with van der Waals surface area (Å²) in [5, 5.41) is 17.6. The minimum absolute atomic E-state index is 0.0506. The van der Waals surface area contributed by atoms with Gasteiger partial charge in [0.15, 0.2) is 0 Å². The van der Waals surface area contributed by atoms with Crippen LogP contribution in [0.4, 0.5) is 8.78 Å². The van der Waals surface area contributed by atoms with Crippen LogP contribution in [-0.2, 0) is 13.6 Å². The number of halogens is 2. The van der Waals surface area contributed by atoms with Gasteiger partial charge < -0.3 is 19.8 Å². The molecule has 3 N–H and O–H groups in total. The smallest absolute Gasteiger partial charge is 0.387 e. The molecule has 2 aromatic heterocycles. The first-order valence-corrected chi connectivity index (χ1v) is 11.0. The lowest BCUT2D eigenvalue weighted by atomic mass is 9.95. The zero-order valence-corrected chi connectivity index (χ0v) is 18.7. The molecule has 0 unspecified atom stereocenters. The van der Waals surface area contributed by atoms with Crippen molar-refractivity contribution in [1.82, 2.24) is 14.8 Å². The van der Waals surface area contributed by atoms with E-state index in [0.29, 0.717) is 27.7 Å². The molecule has 4 aromatic rings. The molecule has 10 heteroatoms. The Morgan fingerprint density at radius 2 is 2.03 bits per heavy atom. The summed E-state index contributed by atoms with van der Waals surface area (Å²) in [6.45, 7) is -2.90. The van der Waals surface area contributed by atoms with Gasteiger partial charge >= 0.3 is 6.61 Å². The molecule has 0 aliphatic heterocycles. The highest BCUT2D eigenvalue weighted by atomic mass is 19.3. The maximum absolute atomic E-state index is 13.1. The lowest BCUT2D eigenvalue weighted by Crippen LogP contribution is -2.13. The maximum atomic E-state index is 13.1. The molecule has 5 rings (SSSR count). The summed E-state index contributed by atoms with van der Waals surface area (Å²) in [6.07, 6.45) is 3.43. The number of nitrogens with zero attached hydrogens (tertiary/aromatic N) is 3. The van der Waals surface area contributed by atoms with Gasteiger partial charge in [-0.05, 0) is 42.7 Å². The Labute approximate surface area is 198 Å². The Bertz CT molecular complexity index is 1530. The predicted octanol–water partition coefficient (Wildman–Crippen LogP) is 4.07. The molecule has 1 aliphatic rings. The van der Waals surface area contributed by atoms with Gasteiger partial charge in [0.25, 0.3) is 5.56 Å². The predicted molar refractivity (Wildman–Crippen MR) is 125 cm³/mol. The van der Waals surface area contributed by atoms with E-state index in [9.17, 15) is 18.8 Å². The fraction of sp³-hybridized carbons (Fsp3) is 0.240. The van der Waals surface area contributed by atoms with Crippen LogP contribution < -0.4 is 20.8 Å². The maximum Gasteiger partial charge on any atom is 0.387 e. The number of fused-ring (bicyclic) bond motifs is 1. The van der Waals surface area contributed by atoms with Gasteiger partial charge in [0.1, 0.15) is 23.1 Å². The number of nitrogens with two attached hydrogens (primary N) is 1. The molecule has 1 saturated carbocycles. The lowest BCUT2D eigenvalue weighted by molar-refractivity contribution is -0.0499. The molecule has 0 saturated heterocycles. The molecule has 2 heterocycles. The minimum atomic E-state index is -3.03. The number of H-pyrrole nitrogens is 1. The highest BCUT2D eigenvalue weighted by Gasteiger charge is 2.28. The molecule has 1 fully saturated rings. The van der Waals surface area contributed by atoms with Crippen LogP contribution in [0.15, 0.2) is 47.4 Å². The number of aromatic nitrogens is 3. The van der Waals surface area contributed by atoms with Crippen LogP contribution in [0.1, 0.15) is 24.1 Å². The van der Waals surface area contributed by atoms with Crippen molar-refractivity contribution in [3.63, 3.8) is 0 Å². The van der Waals surface area contributed by atoms with Gasteiger partial charge in [0.05, 0.1) is 22.9 Å². The van der Waals surface area contributed by atoms with Crippen LogP contribution in [0.25, 0.3) is 33.2 Å². The van der Waals surface area contributed by atoms with E-state index < -0.39 is 6.61 Å². The molecule has 35 heavy (non-hydrogen) atoms. The number of hydrogen-bond acceptors (Lipinski definition) is 6. The minimum Gasteiger partial charge on any atom is -0.489 e. The Morgan fingerprint density at radius 1 is 1.23 bits per heavy atom. The quantitative estimate of drug-likeness (QED) is 0.414. The topological polar surface area (TPSA) is 119 Å². The summed E-state index contributed by atoms with van der Waals surface area (Å²) < 4.78 is 38.5. The largest absolute Gasteiger partial charge is 0.489 e. The van der Waals surface area contributed by atoms with Gasteiger partial charge in [-0.15, -0.1) is 0 Å². The first-order chi connectivity index (χ1) is 16.9. The molecule has 178 valence electrons. The number of hydrogen-bond donors (Lipinski definition) is 2. The van der Waals surface area contributed by atoms with Crippen LogP contribution in [0.3, 0.4) is 0 Å². The zero-order chi connectivity index (χ0) is 24.7. The van der Waals surface area contributed by atoms with E-state index in [0.717, 1.165) is 24.0 Å². The second-order valence-corrected chi connectivity index (χ2v) is 8.30. The van der Waals surface area contributed by atoms with E-state index >= 15 is 0 Å². The Hall–Kier alpha value is -4.23. The molecule has 2 aromatic carbocycles. The van der Waals surface area contributed by atoms with Crippen LogP contribution in [0, 0.1) is 11.3 Å². The molecular formula is C25H21F2N5O3. The number of nitriles is 1. The normalized spacial score (nSPS) is 13.3. The average Bonchev–Trinajstić information content (AvgIpc) is 3.57. The first kappa shape index (κ1) is 22.6. The van der Waals surface area contributed by atoms with Crippen LogP contribution in [0.2, 0.25) is 0 Å². The molecule has 8 nitrogen and oxygen atoms in total. The summed E-state index contributed by atoms with van der Waals surface area (Å²) in [6, 6.07) is 12.0. The number of nitrogens with one attached hydrogen (secondary N) is 1. The molecule has 0 radical (unpaired) electrons. The van der Waals surface area contributed by atoms with Crippen LogP contribution >= 0.6 is 0 Å². The lowest BCUT2D eigenvalue weighted by Gasteiger charge is -2.16. The third kappa shape index (κ3) is 4.22. The van der Waals surface area contributed by atoms with Crippen molar-refractivity contribution in [2.75, 3.05) is 0 Å². The zero-order valence-electron chi connectivity index (χ0n) is 18.7. The second-order valence-electron chi connectivity index (χ2n) is 8.30. The molecular weight excluding hydrogens is 456 g/mol. The van der Waals surface area contributed by atoms with Crippen molar-refractivity contribution < 1.29 is 18.3 Å². The summed E-state index contributed by atoms with van der Waals surface area (Å²) >= 11 is 0. The van der Waals surface area contributed by atoms with Crippen LogP contribution in [-0.4, -0.2) is 27.5 Å². The van der Waals surface area contributed by atoms with Gasteiger partial charge in [0.2, 0.25) is 0 Å². The fourth-order valence-corrected chi connectivity index (χ4v) is 4.16. The Balaban J connectivity index is 1.73. The van der Waals surface area contributed by atoms with Crippen molar-refractivity contribution >= 4 is 10.8 Å². The van der Waals surface area contributed by atoms with Crippen molar-refractivity contribution in [2.45, 2.75) is 32.1 Å². The van der Waals surface area contributed by atoms with E-state index in [4.69, 9.17) is 10.5 Å². The van der Waals surface area contributed by atoms with Gasteiger partial charge in [-0.1, -0.05) is 6.07 Å². The standard InChI is InChI=1S/C25H21F2N5O3/c1-32-7-6-16(13-2-5-17-18(8-13)21(12-29)30-31-24(17)33)23(32)19-9-15(35-25(26)27)10-22(20(19)11-28)34-14-3-4-14/h2,5-10,14,25H,3-4,12,29H2,1H3,(H,31,33). The summed E-state index contributed by atoms with van der Waals surface area (Å²) in [7, 11) is 1.79. The van der Waals surface area contributed by atoms with E-state index in [1.165, 1.54) is 12.1 Å². The summed E-state index contributed by atoms with van der Waals surface area (Å²) in [5.41, 5.74) is 8.71. The van der Waals surface area contributed by atoms with Gasteiger partial charge in [0, 0.05) is 42.4 Å². The van der Waals surface area contributed by atoms with Crippen molar-refractivity contribution in [3.05, 3.63) is 64.2 Å². The number of alkyl halides is 2. The van der Waals surface area contributed by atoms with Gasteiger partial charge in [-0.3, -0.25) is 4.79 Å². The molecule has 0 atom stereocenters. The van der Waals surface area contributed by atoms with Crippen molar-refractivity contribution in [3.8, 4) is 40.0 Å².